The largest absolute Gasteiger partial charge is 0.399 e. The summed E-state index contributed by atoms with van der Waals surface area (Å²) >= 11 is 0. The summed E-state index contributed by atoms with van der Waals surface area (Å²) in [5.41, 5.74) is 9.57. The maximum absolute atomic E-state index is 5.75. The van der Waals surface area contributed by atoms with Crippen molar-refractivity contribution in [1.82, 2.24) is 14.6 Å². The van der Waals surface area contributed by atoms with Crippen LogP contribution >= 0.6 is 0 Å². The lowest BCUT2D eigenvalue weighted by Gasteiger charge is -1.97. The molecule has 0 atom stereocenters. The molecule has 0 fully saturated rings. The third-order valence-corrected chi connectivity index (χ3v) is 2.91. The number of benzene rings is 1. The minimum atomic E-state index is 0.754. The van der Waals surface area contributed by atoms with Gasteiger partial charge in [0.25, 0.3) is 0 Å². The molecular weight excluding hydrogens is 236 g/mol. The number of rotatable bonds is 2. The highest BCUT2D eigenvalue weighted by Crippen LogP contribution is 2.12. The third kappa shape index (κ3) is 2.33. The fraction of sp³-hybridized carbons (Fsp3) is 0.0667. The third-order valence-electron chi connectivity index (χ3n) is 2.91. The van der Waals surface area contributed by atoms with Gasteiger partial charge >= 0.3 is 0 Å². The second-order valence-corrected chi connectivity index (χ2v) is 4.50. The highest BCUT2D eigenvalue weighted by molar-refractivity contribution is 5.69. The number of aryl methyl sites for hydroxylation is 1. The Labute approximate surface area is 111 Å². The number of fused-ring (bicyclic) bond motifs is 1. The Kier molecular flexibility index (Phi) is 2.76. The van der Waals surface area contributed by atoms with E-state index in [2.05, 4.69) is 10.2 Å². The van der Waals surface area contributed by atoms with Gasteiger partial charge in [0.1, 0.15) is 0 Å². The Hall–Kier alpha value is -2.62. The molecule has 0 saturated carbocycles. The molecule has 2 N–H and O–H groups in total. The minimum absolute atomic E-state index is 0.754. The monoisotopic (exact) mass is 250 g/mol. The van der Waals surface area contributed by atoms with Gasteiger partial charge in [-0.2, -0.15) is 0 Å². The molecule has 2 aromatic heterocycles. The lowest BCUT2D eigenvalue weighted by Crippen LogP contribution is -1.89. The second-order valence-electron chi connectivity index (χ2n) is 4.50. The van der Waals surface area contributed by atoms with Gasteiger partial charge in [-0.05, 0) is 42.3 Å². The van der Waals surface area contributed by atoms with Crippen LogP contribution in [0.25, 0.3) is 17.8 Å². The van der Waals surface area contributed by atoms with Gasteiger partial charge < -0.3 is 5.73 Å². The van der Waals surface area contributed by atoms with Crippen molar-refractivity contribution in [3.8, 4) is 0 Å². The van der Waals surface area contributed by atoms with E-state index in [1.54, 1.807) is 0 Å². The molecule has 0 aliphatic heterocycles. The summed E-state index contributed by atoms with van der Waals surface area (Å²) < 4.78 is 1.97. The number of hydrogen-bond donors (Lipinski definition) is 1. The van der Waals surface area contributed by atoms with Crippen LogP contribution in [0, 0.1) is 6.92 Å². The maximum atomic E-state index is 5.75. The van der Waals surface area contributed by atoms with E-state index < -0.39 is 0 Å². The molecule has 0 bridgehead atoms. The van der Waals surface area contributed by atoms with E-state index in [-0.39, 0.29) is 0 Å². The Morgan fingerprint density at radius 3 is 2.84 bits per heavy atom. The van der Waals surface area contributed by atoms with Crippen LogP contribution in [-0.4, -0.2) is 14.6 Å². The minimum Gasteiger partial charge on any atom is -0.399 e. The fourth-order valence-electron chi connectivity index (χ4n) is 1.96. The number of aromatic nitrogens is 3. The highest BCUT2D eigenvalue weighted by atomic mass is 15.2. The number of nitrogens with zero attached hydrogens (tertiary/aromatic N) is 3. The van der Waals surface area contributed by atoms with E-state index in [0.29, 0.717) is 0 Å². The lowest BCUT2D eigenvalue weighted by atomic mass is 10.2. The van der Waals surface area contributed by atoms with Crippen molar-refractivity contribution in [3.63, 3.8) is 0 Å². The molecule has 3 aromatic rings. The number of pyridine rings is 1. The first-order valence-corrected chi connectivity index (χ1v) is 6.07. The van der Waals surface area contributed by atoms with Crippen LogP contribution in [-0.2, 0) is 0 Å². The predicted molar refractivity (Wildman–Crippen MR) is 77.5 cm³/mol. The van der Waals surface area contributed by atoms with Crippen molar-refractivity contribution in [2.24, 2.45) is 0 Å². The summed E-state index contributed by atoms with van der Waals surface area (Å²) in [5.74, 6) is 0.807. The molecule has 0 radical (unpaired) electrons. The molecule has 0 unspecified atom stereocenters. The van der Waals surface area contributed by atoms with Gasteiger partial charge in [0.15, 0.2) is 11.5 Å². The molecular formula is C15H14N4. The first-order chi connectivity index (χ1) is 9.22. The first-order valence-electron chi connectivity index (χ1n) is 6.07. The Morgan fingerprint density at radius 1 is 1.11 bits per heavy atom. The SMILES string of the molecule is Cc1ccc2nnc(/C=C\c3cccc(N)c3)n2c1. The van der Waals surface area contributed by atoms with E-state index in [4.69, 9.17) is 5.73 Å². The Balaban J connectivity index is 1.99. The molecule has 0 saturated heterocycles. The maximum Gasteiger partial charge on any atom is 0.161 e. The van der Waals surface area contributed by atoms with E-state index >= 15 is 0 Å². The summed E-state index contributed by atoms with van der Waals surface area (Å²) in [5, 5.41) is 8.30. The van der Waals surface area contributed by atoms with Crippen molar-refractivity contribution in [1.29, 1.82) is 0 Å². The highest BCUT2D eigenvalue weighted by Gasteiger charge is 2.01. The summed E-state index contributed by atoms with van der Waals surface area (Å²) in [7, 11) is 0. The van der Waals surface area contributed by atoms with Crippen molar-refractivity contribution in [2.45, 2.75) is 6.92 Å². The van der Waals surface area contributed by atoms with Gasteiger partial charge in [0.05, 0.1) is 0 Å². The lowest BCUT2D eigenvalue weighted by molar-refractivity contribution is 1.07. The van der Waals surface area contributed by atoms with Gasteiger partial charge in [0.2, 0.25) is 0 Å². The zero-order valence-corrected chi connectivity index (χ0v) is 10.6. The Morgan fingerprint density at radius 2 is 2.00 bits per heavy atom. The second kappa shape index (κ2) is 4.57. The zero-order chi connectivity index (χ0) is 13.2. The summed E-state index contributed by atoms with van der Waals surface area (Å²) in [6.07, 6.45) is 5.94. The molecule has 19 heavy (non-hydrogen) atoms. The van der Waals surface area contributed by atoms with Crippen molar-refractivity contribution in [2.75, 3.05) is 5.73 Å². The van der Waals surface area contributed by atoms with Crippen LogP contribution in [0.15, 0.2) is 42.6 Å². The zero-order valence-electron chi connectivity index (χ0n) is 10.6. The molecule has 0 amide bonds. The fourth-order valence-corrected chi connectivity index (χ4v) is 1.96. The van der Waals surface area contributed by atoms with Gasteiger partial charge in [-0.1, -0.05) is 24.3 Å². The average Bonchev–Trinajstić information content (AvgIpc) is 2.79. The number of nitrogen functional groups attached to an aromatic ring is 1. The van der Waals surface area contributed by atoms with Crippen molar-refractivity contribution >= 4 is 23.5 Å². The van der Waals surface area contributed by atoms with E-state index in [1.807, 2.05) is 66.1 Å². The molecule has 2 heterocycles. The number of hydrogen-bond acceptors (Lipinski definition) is 3. The predicted octanol–water partition coefficient (Wildman–Crippen LogP) is 2.79. The normalized spacial score (nSPS) is 11.4. The first kappa shape index (κ1) is 11.5. The standard InChI is InChI=1S/C15H14N4/c1-11-5-7-14-17-18-15(19(14)10-11)8-6-12-3-2-4-13(16)9-12/h2-10H,16H2,1H3/b8-6-. The van der Waals surface area contributed by atoms with E-state index in [1.165, 1.54) is 5.56 Å². The summed E-state index contributed by atoms with van der Waals surface area (Å²) in [6.45, 7) is 2.05. The average molecular weight is 250 g/mol. The molecule has 3 rings (SSSR count). The van der Waals surface area contributed by atoms with Crippen LogP contribution < -0.4 is 5.73 Å². The van der Waals surface area contributed by atoms with Crippen molar-refractivity contribution in [3.05, 3.63) is 59.5 Å². The molecule has 0 spiro atoms. The summed E-state index contributed by atoms with van der Waals surface area (Å²) in [4.78, 5) is 0. The molecule has 4 heteroatoms. The van der Waals surface area contributed by atoms with Crippen LogP contribution in [0.4, 0.5) is 5.69 Å². The van der Waals surface area contributed by atoms with E-state index in [0.717, 1.165) is 22.7 Å². The van der Waals surface area contributed by atoms with Crippen LogP contribution in [0.1, 0.15) is 17.0 Å². The topological polar surface area (TPSA) is 56.2 Å². The van der Waals surface area contributed by atoms with Gasteiger partial charge in [-0.15, -0.1) is 10.2 Å². The van der Waals surface area contributed by atoms with E-state index in [9.17, 15) is 0 Å². The van der Waals surface area contributed by atoms with Crippen LogP contribution in [0.5, 0.6) is 0 Å². The van der Waals surface area contributed by atoms with Crippen molar-refractivity contribution < 1.29 is 0 Å². The molecule has 94 valence electrons. The Bertz CT molecular complexity index is 756. The van der Waals surface area contributed by atoms with Gasteiger partial charge in [0, 0.05) is 11.9 Å². The molecule has 0 aliphatic carbocycles. The number of nitrogens with two attached hydrogens (primary N) is 1. The quantitative estimate of drug-likeness (QED) is 0.711. The van der Waals surface area contributed by atoms with Crippen LogP contribution in [0.2, 0.25) is 0 Å². The number of anilines is 1. The van der Waals surface area contributed by atoms with Crippen LogP contribution in [0.3, 0.4) is 0 Å². The summed E-state index contributed by atoms with van der Waals surface area (Å²) in [6, 6.07) is 11.7. The molecule has 1 aromatic carbocycles. The van der Waals surface area contributed by atoms with Gasteiger partial charge in [-0.3, -0.25) is 4.40 Å². The van der Waals surface area contributed by atoms with Gasteiger partial charge in [-0.25, -0.2) is 0 Å². The smallest absolute Gasteiger partial charge is 0.161 e. The molecule has 4 nitrogen and oxygen atoms in total. The molecule has 0 aliphatic rings.